The van der Waals surface area contributed by atoms with Crippen LogP contribution in [-0.4, -0.2) is 41.8 Å². The van der Waals surface area contributed by atoms with E-state index >= 15 is 0 Å². The molecule has 6 nitrogen and oxygen atoms in total. The van der Waals surface area contributed by atoms with Crippen LogP contribution in [0.1, 0.15) is 27.1 Å². The van der Waals surface area contributed by atoms with Crippen molar-refractivity contribution in [2.24, 2.45) is 0 Å². The average Bonchev–Trinajstić information content (AvgIpc) is 3.13. The van der Waals surface area contributed by atoms with Crippen molar-refractivity contribution in [2.45, 2.75) is 27.2 Å². The fourth-order valence-electron chi connectivity index (χ4n) is 3.54. The van der Waals surface area contributed by atoms with Gasteiger partial charge in [-0.3, -0.25) is 14.5 Å². The van der Waals surface area contributed by atoms with Gasteiger partial charge in [0.25, 0.3) is 0 Å². The lowest BCUT2D eigenvalue weighted by Crippen LogP contribution is -2.36. The zero-order valence-corrected chi connectivity index (χ0v) is 20.2. The molecule has 0 fully saturated rings. The third kappa shape index (κ3) is 6.63. The van der Waals surface area contributed by atoms with Crippen molar-refractivity contribution >= 4 is 45.6 Å². The number of nitrogens with one attached hydrogen (secondary N) is 2. The molecule has 1 aromatic heterocycles. The van der Waals surface area contributed by atoms with Crippen molar-refractivity contribution < 1.29 is 9.59 Å². The van der Waals surface area contributed by atoms with Crippen LogP contribution in [0.4, 0.5) is 10.8 Å². The van der Waals surface area contributed by atoms with Gasteiger partial charge in [0.05, 0.1) is 13.1 Å². The molecule has 0 radical (unpaired) electrons. The van der Waals surface area contributed by atoms with Gasteiger partial charge in [0.1, 0.15) is 0 Å². The lowest BCUT2D eigenvalue weighted by Gasteiger charge is -2.17. The van der Waals surface area contributed by atoms with Crippen molar-refractivity contribution in [1.29, 1.82) is 0 Å². The molecule has 0 aliphatic heterocycles. The Balaban J connectivity index is 1.49. The molecule has 1 heterocycles. The second kappa shape index (κ2) is 10.7. The number of carbonyl (C=O) groups is 2. The lowest BCUT2D eigenvalue weighted by atomic mass is 10.1. The number of halogens is 1. The van der Waals surface area contributed by atoms with Crippen LogP contribution in [0, 0.1) is 20.8 Å². The summed E-state index contributed by atoms with van der Waals surface area (Å²) in [7, 11) is 1.73. The summed E-state index contributed by atoms with van der Waals surface area (Å²) in [4.78, 5) is 31.8. The molecular formula is C24H27ClN4O2S. The molecule has 168 valence electrons. The summed E-state index contributed by atoms with van der Waals surface area (Å²) in [6.07, 6.45) is 2.40. The number of carbonyl (C=O) groups excluding carboxylic acids is 2. The van der Waals surface area contributed by atoms with Crippen molar-refractivity contribution in [3.05, 3.63) is 74.7 Å². The lowest BCUT2D eigenvalue weighted by molar-refractivity contribution is -0.119. The SMILES string of the molecule is Cc1cc(C)c(NC(=O)CN(C)CC(=O)Nc2ncc(Cc3ccccc3Cl)s2)c(C)c1. The minimum atomic E-state index is -0.221. The highest BCUT2D eigenvalue weighted by Gasteiger charge is 2.14. The number of benzene rings is 2. The van der Waals surface area contributed by atoms with Gasteiger partial charge in [-0.1, -0.05) is 47.5 Å². The van der Waals surface area contributed by atoms with E-state index in [1.807, 2.05) is 57.2 Å². The van der Waals surface area contributed by atoms with E-state index in [0.717, 1.165) is 32.8 Å². The highest BCUT2D eigenvalue weighted by Crippen LogP contribution is 2.25. The standard InChI is InChI=1S/C24H27ClN4O2S/c1-15-9-16(2)23(17(3)10-15)27-21(30)13-29(4)14-22(31)28-24-26-12-19(32-24)11-18-7-5-6-8-20(18)25/h5-10,12H,11,13-14H2,1-4H3,(H,27,30)(H,26,28,31). The van der Waals surface area contributed by atoms with E-state index in [2.05, 4.69) is 15.6 Å². The second-order valence-electron chi connectivity index (χ2n) is 7.94. The number of hydrogen-bond acceptors (Lipinski definition) is 5. The van der Waals surface area contributed by atoms with Gasteiger partial charge >= 0.3 is 0 Å². The number of thiazole rings is 1. The molecular weight excluding hydrogens is 444 g/mol. The Labute approximate surface area is 197 Å². The number of aryl methyl sites for hydroxylation is 3. The normalized spacial score (nSPS) is 10.9. The second-order valence-corrected chi connectivity index (χ2v) is 9.46. The van der Waals surface area contributed by atoms with Crippen LogP contribution in [0.5, 0.6) is 0 Å². The fraction of sp³-hybridized carbons (Fsp3) is 0.292. The van der Waals surface area contributed by atoms with E-state index in [4.69, 9.17) is 11.6 Å². The zero-order valence-electron chi connectivity index (χ0n) is 18.7. The number of anilines is 2. The maximum absolute atomic E-state index is 12.5. The third-order valence-corrected chi connectivity index (χ3v) is 6.17. The van der Waals surface area contributed by atoms with Gasteiger partial charge in [-0.15, -0.1) is 11.3 Å². The largest absolute Gasteiger partial charge is 0.324 e. The van der Waals surface area contributed by atoms with Crippen molar-refractivity contribution in [1.82, 2.24) is 9.88 Å². The Hall–Kier alpha value is -2.74. The predicted octanol–water partition coefficient (Wildman–Crippen LogP) is 4.82. The quantitative estimate of drug-likeness (QED) is 0.495. The molecule has 0 saturated heterocycles. The molecule has 0 unspecified atom stereocenters. The number of aromatic nitrogens is 1. The van der Waals surface area contributed by atoms with E-state index in [1.165, 1.54) is 11.3 Å². The highest BCUT2D eigenvalue weighted by atomic mass is 35.5. The number of nitrogens with zero attached hydrogens (tertiary/aromatic N) is 2. The third-order valence-electron chi connectivity index (χ3n) is 4.89. The Kier molecular flexibility index (Phi) is 8.01. The Morgan fingerprint density at radius 2 is 1.66 bits per heavy atom. The van der Waals surface area contributed by atoms with Crippen LogP contribution < -0.4 is 10.6 Å². The molecule has 0 spiro atoms. The van der Waals surface area contributed by atoms with E-state index in [0.29, 0.717) is 16.6 Å². The number of likely N-dealkylation sites (N-methyl/N-ethyl adjacent to an activating group) is 1. The van der Waals surface area contributed by atoms with Crippen LogP contribution in [0.3, 0.4) is 0 Å². The first-order chi connectivity index (χ1) is 15.2. The molecule has 2 N–H and O–H groups in total. The van der Waals surface area contributed by atoms with E-state index < -0.39 is 0 Å². The summed E-state index contributed by atoms with van der Waals surface area (Å²) < 4.78 is 0. The van der Waals surface area contributed by atoms with Crippen LogP contribution in [-0.2, 0) is 16.0 Å². The first kappa shape index (κ1) is 23.9. The van der Waals surface area contributed by atoms with Gasteiger partial charge in [0, 0.05) is 28.2 Å². The van der Waals surface area contributed by atoms with E-state index in [-0.39, 0.29) is 24.9 Å². The summed E-state index contributed by atoms with van der Waals surface area (Å²) in [6, 6.07) is 11.7. The van der Waals surface area contributed by atoms with Gasteiger partial charge in [-0.2, -0.15) is 0 Å². The Morgan fingerprint density at radius 1 is 1.03 bits per heavy atom. The molecule has 32 heavy (non-hydrogen) atoms. The first-order valence-corrected chi connectivity index (χ1v) is 11.4. The summed E-state index contributed by atoms with van der Waals surface area (Å²) in [5, 5.41) is 7.00. The van der Waals surface area contributed by atoms with E-state index in [9.17, 15) is 9.59 Å². The molecule has 0 atom stereocenters. The molecule has 0 saturated carbocycles. The summed E-state index contributed by atoms with van der Waals surface area (Å²) in [6.45, 7) is 6.16. The topological polar surface area (TPSA) is 74.3 Å². The van der Waals surface area contributed by atoms with Gasteiger partial charge in [-0.25, -0.2) is 4.98 Å². The maximum atomic E-state index is 12.5. The minimum absolute atomic E-state index is 0.0821. The number of rotatable bonds is 8. The van der Waals surface area contributed by atoms with Crippen LogP contribution in [0.25, 0.3) is 0 Å². The fourth-order valence-corrected chi connectivity index (χ4v) is 4.59. The zero-order chi connectivity index (χ0) is 23.3. The number of hydrogen-bond donors (Lipinski definition) is 2. The van der Waals surface area contributed by atoms with Gasteiger partial charge in [0.15, 0.2) is 5.13 Å². The van der Waals surface area contributed by atoms with Crippen LogP contribution in [0.2, 0.25) is 5.02 Å². The molecule has 0 bridgehead atoms. The Bertz CT molecular complexity index is 1110. The Morgan fingerprint density at radius 3 is 2.31 bits per heavy atom. The maximum Gasteiger partial charge on any atom is 0.240 e. The summed E-state index contributed by atoms with van der Waals surface area (Å²) in [5.74, 6) is -0.381. The molecule has 8 heteroatoms. The average molecular weight is 471 g/mol. The van der Waals surface area contributed by atoms with Crippen molar-refractivity contribution in [2.75, 3.05) is 30.8 Å². The van der Waals surface area contributed by atoms with Crippen molar-refractivity contribution in [3.8, 4) is 0 Å². The molecule has 2 aromatic carbocycles. The number of amides is 2. The monoisotopic (exact) mass is 470 g/mol. The van der Waals surface area contributed by atoms with Gasteiger partial charge < -0.3 is 10.6 Å². The minimum Gasteiger partial charge on any atom is -0.324 e. The summed E-state index contributed by atoms with van der Waals surface area (Å²) >= 11 is 7.63. The first-order valence-electron chi connectivity index (χ1n) is 10.3. The molecule has 0 aliphatic rings. The molecule has 3 rings (SSSR count). The highest BCUT2D eigenvalue weighted by molar-refractivity contribution is 7.15. The summed E-state index contributed by atoms with van der Waals surface area (Å²) in [5.41, 5.74) is 5.04. The van der Waals surface area contributed by atoms with Crippen LogP contribution >= 0.6 is 22.9 Å². The van der Waals surface area contributed by atoms with Crippen LogP contribution in [0.15, 0.2) is 42.6 Å². The van der Waals surface area contributed by atoms with Crippen molar-refractivity contribution in [3.63, 3.8) is 0 Å². The molecule has 3 aromatic rings. The molecule has 0 aliphatic carbocycles. The van der Waals surface area contributed by atoms with Gasteiger partial charge in [-0.05, 0) is 50.6 Å². The smallest absolute Gasteiger partial charge is 0.240 e. The molecule has 2 amide bonds. The van der Waals surface area contributed by atoms with E-state index in [1.54, 1.807) is 18.1 Å². The van der Waals surface area contributed by atoms with Gasteiger partial charge in [0.2, 0.25) is 11.8 Å². The predicted molar refractivity (Wildman–Crippen MR) is 132 cm³/mol.